The molecule has 3 aromatic carbocycles. The average molecular weight is 1050 g/mol. The third kappa shape index (κ3) is 12.9. The van der Waals surface area contributed by atoms with Crippen molar-refractivity contribution in [1.82, 2.24) is 0 Å². The Kier molecular flexibility index (Phi) is 20.2. The Labute approximate surface area is 427 Å². The Balaban J connectivity index is 0.000000220. The van der Waals surface area contributed by atoms with Gasteiger partial charge < -0.3 is 108 Å². The maximum Gasteiger partial charge on any atom is 0.189 e. The van der Waals surface area contributed by atoms with Gasteiger partial charge in [0.05, 0.1) is 33.0 Å². The van der Waals surface area contributed by atoms with Crippen LogP contribution in [0.15, 0.2) is 92.5 Å². The van der Waals surface area contributed by atoms with E-state index in [0.717, 1.165) is 33.4 Å². The van der Waals surface area contributed by atoms with E-state index in [-0.39, 0.29) is 33.9 Å². The van der Waals surface area contributed by atoms with Crippen LogP contribution in [0.1, 0.15) is 53.4 Å². The van der Waals surface area contributed by atoms with Crippen molar-refractivity contribution in [3.05, 3.63) is 126 Å². The molecule has 0 saturated carbocycles. The standard InChI is InChI=1S/C30H34O11.C21H30O11.CH4/c1-3-15-5-9-17(10-6-15)27-35-13-19-25(39-27)21(31)23(33)29(37-19)41-30-24(34)22(32)26-20(38-30)14-36-28(40-26)18-11-7-16(4-2)8-12-18;1-2-10-3-5-11(6-4-10)8-29-9-13-15(24)17(26)19(28)21(31-13)32-20-18(27)16(25)14(23)12(7-22)30-20;/h3-12,19-34H,1-2,13-14H2;2-6,12-28H,1,7-9H2;1H4/t19-,20-,21-,22-,23-,24-,25-,26-,27?,28?,29-,30-;12-,13-,14-,15-,16+,17+,18-,19-,20-,21-;/m11./s1. The first kappa shape index (κ1) is 57.7. The molecule has 0 aromatic heterocycles. The summed E-state index contributed by atoms with van der Waals surface area (Å²) in [5.41, 5.74) is 5.16. The zero-order valence-corrected chi connectivity index (χ0v) is 39.4. The number of ether oxygens (including phenoxy) is 11. The Bertz CT molecular complexity index is 2140. The summed E-state index contributed by atoms with van der Waals surface area (Å²) in [5.74, 6) is 0. The van der Waals surface area contributed by atoms with Gasteiger partial charge in [0.2, 0.25) is 0 Å². The van der Waals surface area contributed by atoms with Gasteiger partial charge in [0.25, 0.3) is 0 Å². The predicted molar refractivity (Wildman–Crippen MR) is 257 cm³/mol. The molecule has 0 aliphatic carbocycles. The van der Waals surface area contributed by atoms with E-state index in [0.29, 0.717) is 0 Å². The molecule has 2 unspecified atom stereocenters. The van der Waals surface area contributed by atoms with Crippen molar-refractivity contribution in [2.75, 3.05) is 26.4 Å². The number of aliphatic hydroxyl groups excluding tert-OH is 11. The van der Waals surface area contributed by atoms with E-state index in [1.165, 1.54) is 0 Å². The fraction of sp³-hybridized carbons (Fsp3) is 0.538. The third-order valence-electron chi connectivity index (χ3n) is 13.4. The lowest BCUT2D eigenvalue weighted by atomic mass is 9.96. The maximum absolute atomic E-state index is 10.9. The van der Waals surface area contributed by atoms with Crippen LogP contribution in [0.25, 0.3) is 18.2 Å². The SMILES string of the molecule is C.C=Cc1ccc(C2OC[C@H]3O[C@H](O[C@H]4O[C@@H]5COC(c6ccc(C=C)cc6)O[C@H]5[C@H](O)[C@H]4O)[C@H](O)[C@@H](O)[C@@H]3O2)cc1.C=Cc1ccc(COC[C@H]2O[C@H](O[C@H]3O[C@H](CO)[C@@H](O)[C@H](O)[C@H]3O)[C@H](O)[C@@H](O)[C@@H]2O)cc1. The minimum absolute atomic E-state index is 0. The molecule has 6 aliphatic rings. The van der Waals surface area contributed by atoms with Crippen molar-refractivity contribution in [3.63, 3.8) is 0 Å². The summed E-state index contributed by atoms with van der Waals surface area (Å²) in [6.07, 6.45) is -23.6. The number of rotatable bonds is 14. The van der Waals surface area contributed by atoms with Crippen LogP contribution in [-0.2, 0) is 58.7 Å². The number of hydrogen-bond acceptors (Lipinski definition) is 22. The van der Waals surface area contributed by atoms with Crippen molar-refractivity contribution in [2.24, 2.45) is 0 Å². The van der Waals surface area contributed by atoms with E-state index in [9.17, 15) is 56.2 Å². The molecule has 22 atom stereocenters. The molecule has 3 aromatic rings. The molecule has 0 spiro atoms. The Morgan fingerprint density at radius 2 is 0.811 bits per heavy atom. The van der Waals surface area contributed by atoms with E-state index >= 15 is 0 Å². The summed E-state index contributed by atoms with van der Waals surface area (Å²) in [7, 11) is 0. The lowest BCUT2D eigenvalue weighted by molar-refractivity contribution is -0.412. The highest BCUT2D eigenvalue weighted by atomic mass is 16.8. The van der Waals surface area contributed by atoms with Crippen molar-refractivity contribution >= 4 is 18.2 Å². The molecule has 6 aliphatic heterocycles. The smallest absolute Gasteiger partial charge is 0.189 e. The van der Waals surface area contributed by atoms with Gasteiger partial charge in [-0.25, -0.2) is 0 Å². The van der Waals surface area contributed by atoms with Crippen molar-refractivity contribution in [2.45, 2.75) is 149 Å². The first-order chi connectivity index (χ1) is 35.1. The zero-order valence-electron chi connectivity index (χ0n) is 39.4. The topological polar surface area (TPSA) is 324 Å². The molecule has 9 rings (SSSR count). The Morgan fingerprint density at radius 1 is 0.446 bits per heavy atom. The lowest BCUT2D eigenvalue weighted by Crippen LogP contribution is -2.66. The van der Waals surface area contributed by atoms with Gasteiger partial charge >= 0.3 is 0 Å². The quantitative estimate of drug-likeness (QED) is 0.0971. The lowest BCUT2D eigenvalue weighted by Gasteiger charge is -2.49. The van der Waals surface area contributed by atoms with Crippen LogP contribution < -0.4 is 0 Å². The van der Waals surface area contributed by atoms with E-state index in [1.54, 1.807) is 18.2 Å². The van der Waals surface area contributed by atoms with Crippen molar-refractivity contribution in [3.8, 4) is 0 Å². The minimum Gasteiger partial charge on any atom is -0.394 e. The van der Waals surface area contributed by atoms with Crippen LogP contribution in [-0.4, -0.2) is 205 Å². The van der Waals surface area contributed by atoms with Gasteiger partial charge in [0, 0.05) is 11.1 Å². The summed E-state index contributed by atoms with van der Waals surface area (Å²) in [6.45, 7) is 10.6. The molecule has 74 heavy (non-hydrogen) atoms. The number of fused-ring (bicyclic) bond motifs is 2. The molecule has 22 heteroatoms. The molecule has 6 saturated heterocycles. The van der Waals surface area contributed by atoms with Gasteiger partial charge in [-0.3, -0.25) is 0 Å². The second kappa shape index (κ2) is 25.9. The van der Waals surface area contributed by atoms with Crippen LogP contribution >= 0.6 is 0 Å². The van der Waals surface area contributed by atoms with Crippen LogP contribution in [0.4, 0.5) is 0 Å². The molecular weight excluding hydrogens is 977 g/mol. The highest BCUT2D eigenvalue weighted by Crippen LogP contribution is 2.38. The molecule has 6 heterocycles. The van der Waals surface area contributed by atoms with Gasteiger partial charge in [-0.05, 0) is 22.3 Å². The fourth-order valence-electron chi connectivity index (χ4n) is 8.95. The molecule has 11 N–H and O–H groups in total. The van der Waals surface area contributed by atoms with E-state index < -0.39 is 142 Å². The first-order valence-corrected chi connectivity index (χ1v) is 23.7. The normalized spacial score (nSPS) is 39.9. The Morgan fingerprint density at radius 3 is 1.22 bits per heavy atom. The van der Waals surface area contributed by atoms with Crippen LogP contribution in [0.3, 0.4) is 0 Å². The molecule has 22 nitrogen and oxygen atoms in total. The van der Waals surface area contributed by atoms with Gasteiger partial charge in [-0.2, -0.15) is 0 Å². The van der Waals surface area contributed by atoms with Crippen molar-refractivity contribution in [1.29, 1.82) is 0 Å². The second-order valence-corrected chi connectivity index (χ2v) is 18.3. The highest BCUT2D eigenvalue weighted by Gasteiger charge is 2.55. The molecule has 0 amide bonds. The molecule has 408 valence electrons. The second-order valence-electron chi connectivity index (χ2n) is 18.3. The van der Waals surface area contributed by atoms with Gasteiger partial charge in [0.15, 0.2) is 37.7 Å². The van der Waals surface area contributed by atoms with Gasteiger partial charge in [-0.15, -0.1) is 0 Å². The maximum atomic E-state index is 10.9. The zero-order chi connectivity index (χ0) is 52.1. The Hall–Kier alpha value is -4.00. The monoisotopic (exact) mass is 1040 g/mol. The number of benzene rings is 3. The van der Waals surface area contributed by atoms with Crippen LogP contribution in [0, 0.1) is 0 Å². The molecule has 0 bridgehead atoms. The van der Waals surface area contributed by atoms with Crippen molar-refractivity contribution < 1.29 is 108 Å². The van der Waals surface area contributed by atoms with Crippen LogP contribution in [0.5, 0.6) is 0 Å². The summed E-state index contributed by atoms with van der Waals surface area (Å²) >= 11 is 0. The number of aliphatic hydroxyl groups is 11. The molecule has 0 radical (unpaired) electrons. The number of hydrogen-bond donors (Lipinski definition) is 11. The molecular formula is C52H68O22. The summed E-state index contributed by atoms with van der Waals surface area (Å²) < 4.78 is 62.7. The molecule has 6 fully saturated rings. The largest absolute Gasteiger partial charge is 0.394 e. The fourth-order valence-corrected chi connectivity index (χ4v) is 8.95. The average Bonchev–Trinajstić information content (AvgIpc) is 3.42. The minimum atomic E-state index is -1.72. The predicted octanol–water partition coefficient (Wildman–Crippen LogP) is -0.483. The van der Waals surface area contributed by atoms with Crippen LogP contribution in [0.2, 0.25) is 0 Å². The first-order valence-electron chi connectivity index (χ1n) is 23.7. The summed E-state index contributed by atoms with van der Waals surface area (Å²) in [4.78, 5) is 0. The van der Waals surface area contributed by atoms with E-state index in [4.69, 9.17) is 52.1 Å². The highest BCUT2D eigenvalue weighted by molar-refractivity contribution is 5.48. The van der Waals surface area contributed by atoms with Gasteiger partial charge in [0.1, 0.15) is 97.7 Å². The summed E-state index contributed by atoms with van der Waals surface area (Å²) in [5, 5.41) is 113. The third-order valence-corrected chi connectivity index (χ3v) is 13.4. The van der Waals surface area contributed by atoms with Gasteiger partial charge in [-0.1, -0.05) is 118 Å². The van der Waals surface area contributed by atoms with E-state index in [2.05, 4.69) is 19.7 Å². The van der Waals surface area contributed by atoms with E-state index in [1.807, 2.05) is 72.8 Å². The summed E-state index contributed by atoms with van der Waals surface area (Å²) in [6, 6.07) is 22.2.